The molecule has 0 saturated heterocycles. The number of nitrogens with zero attached hydrogens (tertiary/aromatic N) is 4. The van der Waals surface area contributed by atoms with Crippen molar-refractivity contribution in [3.05, 3.63) is 52.8 Å². The Labute approximate surface area is 176 Å². The van der Waals surface area contributed by atoms with Crippen molar-refractivity contribution in [3.8, 4) is 11.4 Å². The number of hydrogen-bond donors (Lipinski definition) is 1. The summed E-state index contributed by atoms with van der Waals surface area (Å²) in [7, 11) is 1.65. The molecule has 0 fully saturated rings. The quantitative estimate of drug-likeness (QED) is 0.513. The number of rotatable bonds is 8. The molecule has 1 N–H and O–H groups in total. The summed E-state index contributed by atoms with van der Waals surface area (Å²) in [6, 6.07) is 9.55. The fourth-order valence-corrected chi connectivity index (χ4v) is 3.89. The number of amides is 1. The zero-order valence-corrected chi connectivity index (χ0v) is 18.0. The summed E-state index contributed by atoms with van der Waals surface area (Å²) in [6.45, 7) is 3.11. The van der Waals surface area contributed by atoms with Gasteiger partial charge >= 0.3 is 0 Å². The molecule has 146 valence electrons. The van der Waals surface area contributed by atoms with Crippen LogP contribution in [0, 0.1) is 6.92 Å². The molecular weight excluding hydrogens is 442 g/mol. The van der Waals surface area contributed by atoms with Crippen LogP contribution in [-0.4, -0.2) is 45.1 Å². The van der Waals surface area contributed by atoms with Crippen LogP contribution >= 0.6 is 27.7 Å². The van der Waals surface area contributed by atoms with Crippen LogP contribution in [0.1, 0.15) is 5.56 Å². The van der Waals surface area contributed by atoms with Gasteiger partial charge in [0, 0.05) is 29.5 Å². The van der Waals surface area contributed by atoms with E-state index in [1.54, 1.807) is 19.5 Å². The number of pyridine rings is 1. The molecule has 0 unspecified atom stereocenters. The van der Waals surface area contributed by atoms with Crippen molar-refractivity contribution >= 4 is 39.3 Å². The van der Waals surface area contributed by atoms with Gasteiger partial charge in [-0.3, -0.25) is 14.3 Å². The highest BCUT2D eigenvalue weighted by Gasteiger charge is 2.16. The third-order valence-electron chi connectivity index (χ3n) is 3.91. The predicted molar refractivity (Wildman–Crippen MR) is 113 cm³/mol. The van der Waals surface area contributed by atoms with Crippen molar-refractivity contribution in [2.75, 3.05) is 24.8 Å². The minimum absolute atomic E-state index is 0.110. The normalized spacial score (nSPS) is 10.8. The lowest BCUT2D eigenvalue weighted by molar-refractivity contribution is -0.113. The van der Waals surface area contributed by atoms with Crippen molar-refractivity contribution in [1.29, 1.82) is 0 Å². The topological polar surface area (TPSA) is 81.9 Å². The smallest absolute Gasteiger partial charge is 0.234 e. The Balaban J connectivity index is 1.71. The summed E-state index contributed by atoms with van der Waals surface area (Å²) in [4.78, 5) is 16.4. The van der Waals surface area contributed by atoms with Gasteiger partial charge in [0.25, 0.3) is 0 Å². The highest BCUT2D eigenvalue weighted by molar-refractivity contribution is 9.10. The van der Waals surface area contributed by atoms with Crippen LogP contribution in [0.3, 0.4) is 0 Å². The molecule has 0 spiro atoms. The van der Waals surface area contributed by atoms with Crippen LogP contribution in [0.25, 0.3) is 11.4 Å². The Kier molecular flexibility index (Phi) is 7.18. The van der Waals surface area contributed by atoms with E-state index in [0.29, 0.717) is 18.3 Å². The summed E-state index contributed by atoms with van der Waals surface area (Å²) < 4.78 is 8.02. The summed E-state index contributed by atoms with van der Waals surface area (Å²) in [5.41, 5.74) is 2.78. The largest absolute Gasteiger partial charge is 0.383 e. The lowest BCUT2D eigenvalue weighted by Crippen LogP contribution is -2.15. The van der Waals surface area contributed by atoms with Crippen LogP contribution in [0.2, 0.25) is 0 Å². The summed E-state index contributed by atoms with van der Waals surface area (Å²) in [5.74, 6) is 0.840. The molecule has 7 nitrogen and oxygen atoms in total. The standard InChI is InChI=1S/C19H20BrN5O2S/c1-13-3-4-16(15(20)11-13)22-17(26)12-28-19-24-23-18(25(19)9-10-27-2)14-5-7-21-8-6-14/h3-8,11H,9-10,12H2,1-2H3,(H,22,26). The highest BCUT2D eigenvalue weighted by Crippen LogP contribution is 2.26. The predicted octanol–water partition coefficient (Wildman–Crippen LogP) is 3.79. The van der Waals surface area contributed by atoms with Gasteiger partial charge in [-0.25, -0.2) is 0 Å². The molecule has 3 aromatic rings. The van der Waals surface area contributed by atoms with Gasteiger partial charge in [-0.1, -0.05) is 17.8 Å². The third-order valence-corrected chi connectivity index (χ3v) is 5.53. The van der Waals surface area contributed by atoms with Crippen LogP contribution in [-0.2, 0) is 16.1 Å². The molecule has 0 aliphatic carbocycles. The second-order valence-electron chi connectivity index (χ2n) is 6.01. The van der Waals surface area contributed by atoms with Gasteiger partial charge in [0.05, 0.1) is 24.6 Å². The molecule has 1 amide bonds. The zero-order chi connectivity index (χ0) is 19.9. The Morgan fingerprint density at radius 1 is 1.25 bits per heavy atom. The minimum Gasteiger partial charge on any atom is -0.383 e. The van der Waals surface area contributed by atoms with E-state index in [1.807, 2.05) is 41.8 Å². The number of halogens is 1. The molecule has 0 saturated carbocycles. The number of benzene rings is 1. The van der Waals surface area contributed by atoms with Crippen LogP contribution in [0.4, 0.5) is 5.69 Å². The van der Waals surface area contributed by atoms with Crippen molar-refractivity contribution in [2.45, 2.75) is 18.6 Å². The summed E-state index contributed by atoms with van der Waals surface area (Å²) >= 11 is 4.81. The monoisotopic (exact) mass is 461 g/mol. The first-order valence-corrected chi connectivity index (χ1v) is 10.4. The van der Waals surface area contributed by atoms with Gasteiger partial charge in [-0.2, -0.15) is 0 Å². The van der Waals surface area contributed by atoms with E-state index in [9.17, 15) is 4.79 Å². The maximum Gasteiger partial charge on any atom is 0.234 e. The number of anilines is 1. The number of methoxy groups -OCH3 is 1. The van der Waals surface area contributed by atoms with E-state index >= 15 is 0 Å². The van der Waals surface area contributed by atoms with Crippen LogP contribution in [0.5, 0.6) is 0 Å². The van der Waals surface area contributed by atoms with E-state index in [0.717, 1.165) is 27.1 Å². The Morgan fingerprint density at radius 2 is 2.04 bits per heavy atom. The summed E-state index contributed by atoms with van der Waals surface area (Å²) in [6.07, 6.45) is 3.43. The van der Waals surface area contributed by atoms with E-state index in [2.05, 4.69) is 36.4 Å². The highest BCUT2D eigenvalue weighted by atomic mass is 79.9. The average Bonchev–Trinajstić information content (AvgIpc) is 3.10. The maximum absolute atomic E-state index is 12.4. The zero-order valence-electron chi connectivity index (χ0n) is 15.6. The van der Waals surface area contributed by atoms with E-state index in [-0.39, 0.29) is 11.7 Å². The van der Waals surface area contributed by atoms with Crippen molar-refractivity contribution in [1.82, 2.24) is 19.7 Å². The van der Waals surface area contributed by atoms with Gasteiger partial charge in [0.15, 0.2) is 11.0 Å². The Morgan fingerprint density at radius 3 is 2.75 bits per heavy atom. The van der Waals surface area contributed by atoms with Gasteiger partial charge in [0.1, 0.15) is 0 Å². The number of hydrogen-bond acceptors (Lipinski definition) is 6. The molecule has 0 aliphatic heterocycles. The molecule has 1 aromatic carbocycles. The molecule has 0 radical (unpaired) electrons. The lowest BCUT2D eigenvalue weighted by atomic mass is 10.2. The molecule has 3 rings (SSSR count). The fraction of sp³-hybridized carbons (Fsp3) is 0.263. The second-order valence-corrected chi connectivity index (χ2v) is 7.80. The summed E-state index contributed by atoms with van der Waals surface area (Å²) in [5, 5.41) is 12.1. The second kappa shape index (κ2) is 9.81. The molecule has 0 atom stereocenters. The van der Waals surface area contributed by atoms with E-state index < -0.39 is 0 Å². The Hall–Kier alpha value is -2.23. The number of carbonyl (C=O) groups excluding carboxylic acids is 1. The molecule has 9 heteroatoms. The van der Waals surface area contributed by atoms with Crippen molar-refractivity contribution in [3.63, 3.8) is 0 Å². The molecular formula is C19H20BrN5O2S. The number of thioether (sulfide) groups is 1. The van der Waals surface area contributed by atoms with Gasteiger partial charge < -0.3 is 10.1 Å². The number of ether oxygens (including phenoxy) is 1. The SMILES string of the molecule is COCCn1c(SCC(=O)Nc2ccc(C)cc2Br)nnc1-c1ccncc1. The average molecular weight is 462 g/mol. The first kappa shape index (κ1) is 20.5. The number of carbonyl (C=O) groups is 1. The number of nitrogens with one attached hydrogen (secondary N) is 1. The van der Waals surface area contributed by atoms with Crippen molar-refractivity contribution in [2.24, 2.45) is 0 Å². The maximum atomic E-state index is 12.4. The van der Waals surface area contributed by atoms with Crippen LogP contribution < -0.4 is 5.32 Å². The molecule has 0 aliphatic rings. The molecule has 2 heterocycles. The third kappa shape index (κ3) is 5.18. The molecule has 28 heavy (non-hydrogen) atoms. The first-order chi connectivity index (χ1) is 13.6. The van der Waals surface area contributed by atoms with Gasteiger partial charge in [-0.05, 0) is 52.7 Å². The van der Waals surface area contributed by atoms with Crippen LogP contribution in [0.15, 0.2) is 52.4 Å². The minimum atomic E-state index is -0.110. The van der Waals surface area contributed by atoms with Crippen molar-refractivity contribution < 1.29 is 9.53 Å². The number of aryl methyl sites for hydroxylation is 1. The number of aromatic nitrogens is 4. The van der Waals surface area contributed by atoms with E-state index in [4.69, 9.17) is 4.74 Å². The first-order valence-electron chi connectivity index (χ1n) is 8.60. The fourth-order valence-electron chi connectivity index (χ4n) is 2.53. The van der Waals surface area contributed by atoms with Gasteiger partial charge in [-0.15, -0.1) is 10.2 Å². The van der Waals surface area contributed by atoms with E-state index in [1.165, 1.54) is 11.8 Å². The molecule has 0 bridgehead atoms. The molecule has 2 aromatic heterocycles. The van der Waals surface area contributed by atoms with Gasteiger partial charge in [0.2, 0.25) is 5.91 Å². The Bertz CT molecular complexity index is 949. The lowest BCUT2D eigenvalue weighted by Gasteiger charge is -2.10.